The van der Waals surface area contributed by atoms with Crippen LogP contribution in [0, 0.1) is 19.8 Å². The van der Waals surface area contributed by atoms with Crippen molar-refractivity contribution in [1.82, 2.24) is 4.90 Å². The molecule has 1 rings (SSSR count). The molecule has 0 saturated carbocycles. The molecule has 1 unspecified atom stereocenters. The second-order valence-electron chi connectivity index (χ2n) is 5.80. The average Bonchev–Trinajstić information content (AvgIpc) is 2.57. The Morgan fingerprint density at radius 2 is 1.83 bits per heavy atom. The third-order valence-electron chi connectivity index (χ3n) is 3.30. The van der Waals surface area contributed by atoms with E-state index in [4.69, 9.17) is 5.73 Å². The van der Waals surface area contributed by atoms with E-state index < -0.39 is 0 Å². The monoisotopic (exact) mass is 268 g/mol. The third-order valence-corrected chi connectivity index (χ3v) is 4.28. The van der Waals surface area contributed by atoms with Gasteiger partial charge in [0, 0.05) is 34.9 Å². The van der Waals surface area contributed by atoms with Crippen LogP contribution in [0.1, 0.15) is 49.1 Å². The zero-order valence-electron chi connectivity index (χ0n) is 12.7. The van der Waals surface area contributed by atoms with Crippen LogP contribution in [0.25, 0.3) is 0 Å². The van der Waals surface area contributed by atoms with E-state index >= 15 is 0 Å². The summed E-state index contributed by atoms with van der Waals surface area (Å²) in [5, 5.41) is 0. The molecule has 104 valence electrons. The molecule has 18 heavy (non-hydrogen) atoms. The van der Waals surface area contributed by atoms with Gasteiger partial charge in [0.05, 0.1) is 0 Å². The van der Waals surface area contributed by atoms with Crippen molar-refractivity contribution in [3.63, 3.8) is 0 Å². The lowest BCUT2D eigenvalue weighted by Gasteiger charge is -2.36. The largest absolute Gasteiger partial charge is 0.329 e. The molecule has 0 bridgehead atoms. The number of nitrogens with two attached hydrogens (primary N) is 1. The molecule has 0 aliphatic rings. The lowest BCUT2D eigenvalue weighted by Crippen LogP contribution is -2.41. The maximum atomic E-state index is 6.06. The van der Waals surface area contributed by atoms with E-state index in [2.05, 4.69) is 52.5 Å². The van der Waals surface area contributed by atoms with Gasteiger partial charge in [0.2, 0.25) is 0 Å². The molecule has 0 amide bonds. The Balaban J connectivity index is 3.01. The molecular formula is C15H28N2S. The minimum absolute atomic E-state index is 0.359. The van der Waals surface area contributed by atoms with Crippen LogP contribution in [0.15, 0.2) is 6.07 Å². The Bertz CT molecular complexity index is 369. The smallest absolute Gasteiger partial charge is 0.0484 e. The molecule has 0 aromatic carbocycles. The summed E-state index contributed by atoms with van der Waals surface area (Å²) in [5.74, 6) is 0.668. The molecule has 1 aromatic rings. The number of thiophene rings is 1. The van der Waals surface area contributed by atoms with Gasteiger partial charge in [-0.25, -0.2) is 0 Å². The van der Waals surface area contributed by atoms with Crippen molar-refractivity contribution >= 4 is 11.3 Å². The molecule has 3 heteroatoms. The quantitative estimate of drug-likeness (QED) is 0.852. The van der Waals surface area contributed by atoms with Gasteiger partial charge in [-0.2, -0.15) is 0 Å². The fourth-order valence-corrected chi connectivity index (χ4v) is 3.52. The van der Waals surface area contributed by atoms with Crippen LogP contribution in [0.2, 0.25) is 0 Å². The Labute approximate surface area is 116 Å². The van der Waals surface area contributed by atoms with Crippen molar-refractivity contribution in [2.45, 2.75) is 53.6 Å². The summed E-state index contributed by atoms with van der Waals surface area (Å²) in [5.41, 5.74) is 7.49. The summed E-state index contributed by atoms with van der Waals surface area (Å²) in [6.07, 6.45) is 0. The highest BCUT2D eigenvalue weighted by atomic mass is 32.1. The standard InChI is InChI=1S/C15H28N2S/c1-10(2)9-17(11(3)4)15(8-16)14-7-12(5)18-13(14)6/h7,10-11,15H,8-9,16H2,1-6H3. The summed E-state index contributed by atoms with van der Waals surface area (Å²) >= 11 is 1.88. The fourth-order valence-electron chi connectivity index (χ4n) is 2.54. The molecule has 0 radical (unpaired) electrons. The Kier molecular flexibility index (Phi) is 5.83. The molecule has 2 nitrogen and oxygen atoms in total. The topological polar surface area (TPSA) is 29.3 Å². The Morgan fingerprint density at radius 3 is 2.17 bits per heavy atom. The van der Waals surface area contributed by atoms with E-state index in [1.54, 1.807) is 0 Å². The van der Waals surface area contributed by atoms with Gasteiger partial charge in [-0.1, -0.05) is 13.8 Å². The number of hydrogen-bond acceptors (Lipinski definition) is 3. The highest BCUT2D eigenvalue weighted by Gasteiger charge is 2.24. The zero-order valence-corrected chi connectivity index (χ0v) is 13.5. The number of nitrogens with zero attached hydrogens (tertiary/aromatic N) is 1. The van der Waals surface area contributed by atoms with E-state index in [1.807, 2.05) is 11.3 Å². The fraction of sp³-hybridized carbons (Fsp3) is 0.733. The number of aryl methyl sites for hydroxylation is 2. The predicted octanol–water partition coefficient (Wildman–Crippen LogP) is 3.73. The normalized spacial score (nSPS) is 13.9. The van der Waals surface area contributed by atoms with Crippen LogP contribution < -0.4 is 5.73 Å². The van der Waals surface area contributed by atoms with Gasteiger partial charge in [-0.05, 0) is 45.2 Å². The van der Waals surface area contributed by atoms with Crippen molar-refractivity contribution in [2.24, 2.45) is 11.7 Å². The van der Waals surface area contributed by atoms with Gasteiger partial charge in [0.1, 0.15) is 0 Å². The van der Waals surface area contributed by atoms with Crippen molar-refractivity contribution in [1.29, 1.82) is 0 Å². The molecule has 0 fully saturated rings. The van der Waals surface area contributed by atoms with Crippen molar-refractivity contribution < 1.29 is 0 Å². The van der Waals surface area contributed by atoms with Gasteiger partial charge < -0.3 is 5.73 Å². The second kappa shape index (κ2) is 6.69. The van der Waals surface area contributed by atoms with Gasteiger partial charge in [0.15, 0.2) is 0 Å². The van der Waals surface area contributed by atoms with Crippen LogP contribution in [0.4, 0.5) is 0 Å². The molecule has 0 spiro atoms. The van der Waals surface area contributed by atoms with Gasteiger partial charge in [-0.3, -0.25) is 4.90 Å². The average molecular weight is 268 g/mol. The number of rotatable bonds is 6. The number of hydrogen-bond donors (Lipinski definition) is 1. The van der Waals surface area contributed by atoms with E-state index in [9.17, 15) is 0 Å². The highest BCUT2D eigenvalue weighted by Crippen LogP contribution is 2.31. The zero-order chi connectivity index (χ0) is 13.9. The molecule has 1 heterocycles. The molecule has 0 saturated heterocycles. The van der Waals surface area contributed by atoms with Crippen molar-refractivity contribution in [2.75, 3.05) is 13.1 Å². The maximum Gasteiger partial charge on any atom is 0.0484 e. The third kappa shape index (κ3) is 3.81. The first-order valence-electron chi connectivity index (χ1n) is 6.89. The molecule has 1 atom stereocenters. The minimum Gasteiger partial charge on any atom is -0.329 e. The second-order valence-corrected chi connectivity index (χ2v) is 7.26. The van der Waals surface area contributed by atoms with Crippen LogP contribution in [-0.4, -0.2) is 24.0 Å². The first-order chi connectivity index (χ1) is 8.36. The lowest BCUT2D eigenvalue weighted by atomic mass is 10.0. The van der Waals surface area contributed by atoms with Gasteiger partial charge in [-0.15, -0.1) is 11.3 Å². The summed E-state index contributed by atoms with van der Waals surface area (Å²) in [6, 6.07) is 3.20. The van der Waals surface area contributed by atoms with Crippen LogP contribution in [-0.2, 0) is 0 Å². The highest BCUT2D eigenvalue weighted by molar-refractivity contribution is 7.12. The van der Waals surface area contributed by atoms with Crippen LogP contribution in [0.5, 0.6) is 0 Å². The summed E-state index contributed by atoms with van der Waals surface area (Å²) in [4.78, 5) is 5.34. The molecule has 2 N–H and O–H groups in total. The van der Waals surface area contributed by atoms with Crippen molar-refractivity contribution in [3.05, 3.63) is 21.4 Å². The first-order valence-corrected chi connectivity index (χ1v) is 7.71. The summed E-state index contributed by atoms with van der Waals surface area (Å²) in [6.45, 7) is 15.3. The van der Waals surface area contributed by atoms with E-state index in [0.29, 0.717) is 24.5 Å². The molecule has 0 aliphatic heterocycles. The molecule has 0 aliphatic carbocycles. The predicted molar refractivity (Wildman–Crippen MR) is 82.3 cm³/mol. The van der Waals surface area contributed by atoms with Crippen LogP contribution >= 0.6 is 11.3 Å². The molecular weight excluding hydrogens is 240 g/mol. The van der Waals surface area contributed by atoms with E-state index in [-0.39, 0.29) is 0 Å². The van der Waals surface area contributed by atoms with Crippen molar-refractivity contribution in [3.8, 4) is 0 Å². The van der Waals surface area contributed by atoms with Gasteiger partial charge in [0.25, 0.3) is 0 Å². The SMILES string of the molecule is Cc1cc(C(CN)N(CC(C)C)C(C)C)c(C)s1. The minimum atomic E-state index is 0.359. The Hall–Kier alpha value is -0.380. The van der Waals surface area contributed by atoms with Crippen LogP contribution in [0.3, 0.4) is 0 Å². The van der Waals surface area contributed by atoms with Gasteiger partial charge >= 0.3 is 0 Å². The maximum absolute atomic E-state index is 6.06. The first kappa shape index (κ1) is 15.7. The molecule has 1 aromatic heterocycles. The summed E-state index contributed by atoms with van der Waals surface area (Å²) in [7, 11) is 0. The lowest BCUT2D eigenvalue weighted by molar-refractivity contribution is 0.138. The Morgan fingerprint density at radius 1 is 1.22 bits per heavy atom. The summed E-state index contributed by atoms with van der Waals surface area (Å²) < 4.78 is 0. The van der Waals surface area contributed by atoms with E-state index in [0.717, 1.165) is 6.54 Å². The van der Waals surface area contributed by atoms with E-state index in [1.165, 1.54) is 15.3 Å².